The minimum absolute atomic E-state index is 0.000382. The summed E-state index contributed by atoms with van der Waals surface area (Å²) >= 11 is 0. The number of rotatable bonds is 5. The molecule has 2 N–H and O–H groups in total. The number of likely N-dealkylation sites (N-methyl/N-ethyl adjacent to an activating group) is 1. The number of carbonyl (C=O) groups is 1. The van der Waals surface area contributed by atoms with E-state index in [2.05, 4.69) is 20.8 Å². The third-order valence-corrected chi connectivity index (χ3v) is 2.89. The van der Waals surface area contributed by atoms with E-state index >= 15 is 0 Å². The predicted molar refractivity (Wildman–Crippen MR) is 75.3 cm³/mol. The number of nitrogens with zero attached hydrogens (tertiary/aromatic N) is 2. The molecule has 1 atom stereocenters. The quantitative estimate of drug-likeness (QED) is 0.869. The van der Waals surface area contributed by atoms with Crippen molar-refractivity contribution in [2.75, 3.05) is 12.4 Å². The Hall–Kier alpha value is -2.37. The highest BCUT2D eigenvalue weighted by atomic mass is 16.5. The van der Waals surface area contributed by atoms with Gasteiger partial charge in [0.15, 0.2) is 5.82 Å². The molecule has 1 heterocycles. The molecule has 106 valence electrons. The van der Waals surface area contributed by atoms with Crippen LogP contribution in [0, 0.1) is 6.92 Å². The Kier molecular flexibility index (Phi) is 4.34. The second-order valence-corrected chi connectivity index (χ2v) is 4.59. The smallest absolute Gasteiger partial charge is 0.248 e. The largest absolute Gasteiger partial charge is 0.374 e. The summed E-state index contributed by atoms with van der Waals surface area (Å²) in [6.07, 6.45) is 0.384. The lowest BCUT2D eigenvalue weighted by Crippen LogP contribution is -2.19. The van der Waals surface area contributed by atoms with Gasteiger partial charge in [0.05, 0.1) is 6.42 Å². The zero-order valence-electron chi connectivity index (χ0n) is 11.8. The summed E-state index contributed by atoms with van der Waals surface area (Å²) in [6, 6.07) is 7.63. The molecule has 6 nitrogen and oxygen atoms in total. The second-order valence-electron chi connectivity index (χ2n) is 4.59. The highest BCUT2D eigenvalue weighted by Gasteiger charge is 2.12. The molecule has 2 aromatic rings. The minimum atomic E-state index is -0.0685. The molecule has 0 spiro atoms. The monoisotopic (exact) mass is 274 g/mol. The van der Waals surface area contributed by atoms with Crippen molar-refractivity contribution in [3.8, 4) is 0 Å². The van der Waals surface area contributed by atoms with Crippen LogP contribution in [-0.2, 0) is 11.2 Å². The van der Waals surface area contributed by atoms with Gasteiger partial charge in [0.2, 0.25) is 11.8 Å². The molecule has 0 aliphatic heterocycles. The van der Waals surface area contributed by atoms with E-state index in [1.54, 1.807) is 14.0 Å². The number of benzene rings is 1. The van der Waals surface area contributed by atoms with Gasteiger partial charge in [-0.3, -0.25) is 4.79 Å². The van der Waals surface area contributed by atoms with Gasteiger partial charge >= 0.3 is 0 Å². The van der Waals surface area contributed by atoms with Crippen molar-refractivity contribution >= 4 is 11.6 Å². The highest BCUT2D eigenvalue weighted by Crippen LogP contribution is 2.18. The molecule has 1 aromatic heterocycles. The molecule has 0 radical (unpaired) electrons. The zero-order chi connectivity index (χ0) is 14.5. The first-order valence-corrected chi connectivity index (χ1v) is 6.44. The summed E-state index contributed by atoms with van der Waals surface area (Å²) in [7, 11) is 1.63. The second kappa shape index (κ2) is 6.18. The lowest BCUT2D eigenvalue weighted by molar-refractivity contribution is -0.119. The molecule has 2 rings (SSSR count). The Morgan fingerprint density at radius 3 is 2.60 bits per heavy atom. The van der Waals surface area contributed by atoms with Gasteiger partial charge in [0.1, 0.15) is 6.04 Å². The van der Waals surface area contributed by atoms with Gasteiger partial charge < -0.3 is 15.2 Å². The number of hydrogen-bond donors (Lipinski definition) is 2. The topological polar surface area (TPSA) is 80.0 Å². The molecule has 0 saturated heterocycles. The molecule has 20 heavy (non-hydrogen) atoms. The van der Waals surface area contributed by atoms with E-state index in [0.717, 1.165) is 11.3 Å². The summed E-state index contributed by atoms with van der Waals surface area (Å²) in [5.41, 5.74) is 1.91. The molecule has 6 heteroatoms. The van der Waals surface area contributed by atoms with Gasteiger partial charge in [-0.05, 0) is 31.5 Å². The molecular weight excluding hydrogens is 256 g/mol. The lowest BCUT2D eigenvalue weighted by atomic mass is 10.1. The Bertz CT molecular complexity index is 577. The van der Waals surface area contributed by atoms with E-state index in [1.807, 2.05) is 31.2 Å². The van der Waals surface area contributed by atoms with Crippen molar-refractivity contribution in [3.63, 3.8) is 0 Å². The number of aromatic nitrogens is 2. The van der Waals surface area contributed by atoms with Crippen LogP contribution in [0.25, 0.3) is 0 Å². The van der Waals surface area contributed by atoms with Crippen LogP contribution < -0.4 is 10.6 Å². The molecule has 0 saturated carbocycles. The van der Waals surface area contributed by atoms with Gasteiger partial charge in [-0.15, -0.1) is 0 Å². The Balaban J connectivity index is 1.98. The fourth-order valence-corrected chi connectivity index (χ4v) is 1.79. The highest BCUT2D eigenvalue weighted by molar-refractivity contribution is 5.78. The minimum Gasteiger partial charge on any atom is -0.374 e. The standard InChI is InChI=1S/C14H18N4O2/c1-9(14-17-10(2)18-20-14)16-12-6-4-11(5-7-12)8-13(19)15-3/h4-7,9,16H,8H2,1-3H3,(H,15,19)/t9-/m1/s1. The molecule has 0 fully saturated rings. The van der Waals surface area contributed by atoms with Crippen LogP contribution in [0.1, 0.15) is 30.2 Å². The SMILES string of the molecule is CNC(=O)Cc1ccc(N[C@H](C)c2nc(C)no2)cc1. The number of hydrogen-bond acceptors (Lipinski definition) is 5. The fourth-order valence-electron chi connectivity index (χ4n) is 1.79. The van der Waals surface area contributed by atoms with Gasteiger partial charge in [-0.1, -0.05) is 17.3 Å². The molecule has 0 aliphatic rings. The number of nitrogens with one attached hydrogen (secondary N) is 2. The summed E-state index contributed by atoms with van der Waals surface area (Å²) in [5.74, 6) is 1.17. The van der Waals surface area contributed by atoms with Crippen LogP contribution in [0.2, 0.25) is 0 Å². The van der Waals surface area contributed by atoms with E-state index in [1.165, 1.54) is 0 Å². The first-order chi connectivity index (χ1) is 9.58. The van der Waals surface area contributed by atoms with Crippen LogP contribution in [-0.4, -0.2) is 23.1 Å². The molecular formula is C14H18N4O2. The van der Waals surface area contributed by atoms with Gasteiger partial charge in [0.25, 0.3) is 0 Å². The van der Waals surface area contributed by atoms with Crippen LogP contribution in [0.15, 0.2) is 28.8 Å². The Morgan fingerprint density at radius 1 is 1.35 bits per heavy atom. The Morgan fingerprint density at radius 2 is 2.05 bits per heavy atom. The maximum Gasteiger partial charge on any atom is 0.248 e. The van der Waals surface area contributed by atoms with Crippen molar-refractivity contribution in [1.29, 1.82) is 0 Å². The normalized spacial score (nSPS) is 11.9. The van der Waals surface area contributed by atoms with Crippen molar-refractivity contribution in [1.82, 2.24) is 15.5 Å². The van der Waals surface area contributed by atoms with E-state index < -0.39 is 0 Å². The van der Waals surface area contributed by atoms with Gasteiger partial charge in [0, 0.05) is 12.7 Å². The lowest BCUT2D eigenvalue weighted by Gasteiger charge is -2.11. The zero-order valence-corrected chi connectivity index (χ0v) is 11.8. The predicted octanol–water partition coefficient (Wildman–Crippen LogP) is 1.84. The summed E-state index contributed by atoms with van der Waals surface area (Å²) in [5, 5.41) is 9.64. The van der Waals surface area contributed by atoms with E-state index in [9.17, 15) is 4.79 Å². The van der Waals surface area contributed by atoms with E-state index in [0.29, 0.717) is 18.1 Å². The van der Waals surface area contributed by atoms with Gasteiger partial charge in [-0.2, -0.15) is 4.98 Å². The van der Waals surface area contributed by atoms with Gasteiger partial charge in [-0.25, -0.2) is 0 Å². The van der Waals surface area contributed by atoms with Crippen LogP contribution >= 0.6 is 0 Å². The van der Waals surface area contributed by atoms with Crippen LogP contribution in [0.3, 0.4) is 0 Å². The third-order valence-electron chi connectivity index (χ3n) is 2.89. The molecule has 0 unspecified atom stereocenters. The first-order valence-electron chi connectivity index (χ1n) is 6.44. The average molecular weight is 274 g/mol. The van der Waals surface area contributed by atoms with Crippen molar-refractivity contribution in [3.05, 3.63) is 41.5 Å². The van der Waals surface area contributed by atoms with Crippen LogP contribution in [0.4, 0.5) is 5.69 Å². The third kappa shape index (κ3) is 3.57. The molecule has 1 aromatic carbocycles. The summed E-state index contributed by atoms with van der Waals surface area (Å²) in [4.78, 5) is 15.5. The molecule has 0 bridgehead atoms. The van der Waals surface area contributed by atoms with Crippen molar-refractivity contribution in [2.45, 2.75) is 26.3 Å². The summed E-state index contributed by atoms with van der Waals surface area (Å²) in [6.45, 7) is 3.73. The van der Waals surface area contributed by atoms with Crippen LogP contribution in [0.5, 0.6) is 0 Å². The number of carbonyl (C=O) groups excluding carboxylic acids is 1. The van der Waals surface area contributed by atoms with Crippen molar-refractivity contribution < 1.29 is 9.32 Å². The number of anilines is 1. The molecule has 0 aliphatic carbocycles. The number of amides is 1. The summed E-state index contributed by atoms with van der Waals surface area (Å²) < 4.78 is 5.11. The Labute approximate surface area is 117 Å². The van der Waals surface area contributed by atoms with E-state index in [-0.39, 0.29) is 11.9 Å². The van der Waals surface area contributed by atoms with E-state index in [4.69, 9.17) is 4.52 Å². The first kappa shape index (κ1) is 14.0. The maximum absolute atomic E-state index is 11.3. The maximum atomic E-state index is 11.3. The molecule has 1 amide bonds. The fraction of sp³-hybridized carbons (Fsp3) is 0.357. The number of aryl methyl sites for hydroxylation is 1. The average Bonchev–Trinajstić information content (AvgIpc) is 2.87. The van der Waals surface area contributed by atoms with Crippen molar-refractivity contribution in [2.24, 2.45) is 0 Å².